The molecule has 3 atom stereocenters. The van der Waals surface area contributed by atoms with Crippen LogP contribution in [0.5, 0.6) is 0 Å². The molecule has 22 heavy (non-hydrogen) atoms. The van der Waals surface area contributed by atoms with Crippen molar-refractivity contribution in [3.8, 4) is 0 Å². The molecule has 0 saturated heterocycles. The first-order chi connectivity index (χ1) is 10.5. The molecule has 1 fully saturated rings. The molecule has 5 nitrogen and oxygen atoms in total. The third kappa shape index (κ3) is 6.08. The number of carbonyl (C=O) groups is 2. The van der Waals surface area contributed by atoms with Crippen molar-refractivity contribution in [1.29, 1.82) is 0 Å². The largest absolute Gasteiger partial charge is 0.459 e. The molecule has 0 heterocycles. The second kappa shape index (κ2) is 9.49. The van der Waals surface area contributed by atoms with Gasteiger partial charge in [0.2, 0.25) is 0 Å². The van der Waals surface area contributed by atoms with Gasteiger partial charge in [0.05, 0.1) is 0 Å². The van der Waals surface area contributed by atoms with Crippen molar-refractivity contribution in [2.24, 2.45) is 17.8 Å². The molecule has 0 aliphatic heterocycles. The quantitative estimate of drug-likeness (QED) is 0.424. The van der Waals surface area contributed by atoms with Gasteiger partial charge in [-0.25, -0.2) is 9.59 Å². The van der Waals surface area contributed by atoms with Gasteiger partial charge in [0, 0.05) is 12.1 Å². The van der Waals surface area contributed by atoms with Crippen molar-refractivity contribution >= 4 is 12.1 Å². The summed E-state index contributed by atoms with van der Waals surface area (Å²) in [6, 6.07) is 0. The van der Waals surface area contributed by atoms with E-state index >= 15 is 0 Å². The standard InChI is InChI=1S/C17H29NO4/c1-5-13-9-14(6-2)15(10-13)11-18-17(20)22-8-7-21-16(19)12(3)4/h13-15H,3,5-11H2,1-2,4H3,(H,18,20). The Labute approximate surface area is 133 Å². The van der Waals surface area contributed by atoms with Gasteiger partial charge in [-0.1, -0.05) is 33.3 Å². The zero-order valence-electron chi connectivity index (χ0n) is 14.0. The van der Waals surface area contributed by atoms with Crippen LogP contribution in [0.1, 0.15) is 46.5 Å². The highest BCUT2D eigenvalue weighted by molar-refractivity contribution is 5.86. The summed E-state index contributed by atoms with van der Waals surface area (Å²) >= 11 is 0. The average molecular weight is 311 g/mol. The number of alkyl carbamates (subject to hydrolysis) is 1. The molecule has 126 valence electrons. The molecular formula is C17H29NO4. The maximum Gasteiger partial charge on any atom is 0.407 e. The van der Waals surface area contributed by atoms with Crippen LogP contribution in [0.3, 0.4) is 0 Å². The lowest BCUT2D eigenvalue weighted by Gasteiger charge is -2.18. The summed E-state index contributed by atoms with van der Waals surface area (Å²) in [6.07, 6.45) is 4.39. The molecule has 0 radical (unpaired) electrons. The molecule has 1 N–H and O–H groups in total. The van der Waals surface area contributed by atoms with Crippen molar-refractivity contribution < 1.29 is 19.1 Å². The molecule has 1 aliphatic rings. The van der Waals surface area contributed by atoms with Gasteiger partial charge in [0.15, 0.2) is 0 Å². The summed E-state index contributed by atoms with van der Waals surface area (Å²) in [5.74, 6) is 1.56. The third-order valence-electron chi connectivity index (χ3n) is 4.45. The van der Waals surface area contributed by atoms with E-state index in [-0.39, 0.29) is 13.2 Å². The van der Waals surface area contributed by atoms with Crippen molar-refractivity contribution in [2.45, 2.75) is 46.5 Å². The van der Waals surface area contributed by atoms with Crippen molar-refractivity contribution in [3.63, 3.8) is 0 Å². The summed E-state index contributed by atoms with van der Waals surface area (Å²) in [7, 11) is 0. The molecule has 1 amide bonds. The first kappa shape index (κ1) is 18.5. The Bertz CT molecular complexity index is 394. The van der Waals surface area contributed by atoms with E-state index in [0.717, 1.165) is 12.3 Å². The topological polar surface area (TPSA) is 64.6 Å². The number of rotatable bonds is 8. The number of esters is 1. The van der Waals surface area contributed by atoms with Gasteiger partial charge >= 0.3 is 12.1 Å². The highest BCUT2D eigenvalue weighted by Gasteiger charge is 2.32. The van der Waals surface area contributed by atoms with Crippen LogP contribution in [0.4, 0.5) is 4.79 Å². The molecule has 1 saturated carbocycles. The van der Waals surface area contributed by atoms with E-state index in [2.05, 4.69) is 25.7 Å². The number of hydrogen-bond donors (Lipinski definition) is 1. The molecule has 0 aromatic heterocycles. The van der Waals surface area contributed by atoms with Gasteiger partial charge < -0.3 is 14.8 Å². The van der Waals surface area contributed by atoms with Crippen LogP contribution in [0.25, 0.3) is 0 Å². The zero-order valence-corrected chi connectivity index (χ0v) is 14.0. The van der Waals surface area contributed by atoms with Gasteiger partial charge in [0.1, 0.15) is 13.2 Å². The number of nitrogens with one attached hydrogen (secondary N) is 1. The van der Waals surface area contributed by atoms with E-state index < -0.39 is 12.1 Å². The smallest absolute Gasteiger partial charge is 0.407 e. The van der Waals surface area contributed by atoms with Gasteiger partial charge in [-0.15, -0.1) is 0 Å². The van der Waals surface area contributed by atoms with Crippen LogP contribution in [-0.2, 0) is 14.3 Å². The van der Waals surface area contributed by atoms with Gasteiger partial charge in [-0.05, 0) is 37.5 Å². The Kier molecular flexibility index (Phi) is 7.99. The van der Waals surface area contributed by atoms with Crippen LogP contribution in [0, 0.1) is 17.8 Å². The molecular weight excluding hydrogens is 282 g/mol. The summed E-state index contributed by atoms with van der Waals surface area (Å²) in [5, 5.41) is 2.83. The minimum absolute atomic E-state index is 0.0536. The lowest BCUT2D eigenvalue weighted by molar-refractivity contribution is -0.139. The zero-order chi connectivity index (χ0) is 16.5. The highest BCUT2D eigenvalue weighted by Crippen LogP contribution is 2.39. The van der Waals surface area contributed by atoms with E-state index in [0.29, 0.717) is 24.0 Å². The molecule has 3 unspecified atom stereocenters. The summed E-state index contributed by atoms with van der Waals surface area (Å²) in [5.41, 5.74) is 0.335. The van der Waals surface area contributed by atoms with E-state index in [4.69, 9.17) is 9.47 Å². The third-order valence-corrected chi connectivity index (χ3v) is 4.45. The lowest BCUT2D eigenvalue weighted by Crippen LogP contribution is -2.32. The Morgan fingerprint density at radius 1 is 1.09 bits per heavy atom. The average Bonchev–Trinajstić information content (AvgIpc) is 2.91. The monoisotopic (exact) mass is 311 g/mol. The van der Waals surface area contributed by atoms with Gasteiger partial charge in [-0.3, -0.25) is 0 Å². The van der Waals surface area contributed by atoms with E-state index in [1.807, 2.05) is 0 Å². The SMILES string of the molecule is C=C(C)C(=O)OCCOC(=O)NCC1CC(CC)CC1CC. The molecule has 5 heteroatoms. The molecule has 0 aromatic carbocycles. The Hall–Kier alpha value is -1.52. The minimum Gasteiger partial charge on any atom is -0.459 e. The molecule has 0 bridgehead atoms. The van der Waals surface area contributed by atoms with Crippen LogP contribution in [0.2, 0.25) is 0 Å². The molecule has 1 aliphatic carbocycles. The van der Waals surface area contributed by atoms with Crippen LogP contribution in [0.15, 0.2) is 12.2 Å². The Morgan fingerprint density at radius 3 is 2.32 bits per heavy atom. The number of hydrogen-bond acceptors (Lipinski definition) is 4. The maximum atomic E-state index is 11.6. The summed E-state index contributed by atoms with van der Waals surface area (Å²) < 4.78 is 9.85. The van der Waals surface area contributed by atoms with E-state index in [9.17, 15) is 9.59 Å². The van der Waals surface area contributed by atoms with Crippen molar-refractivity contribution in [1.82, 2.24) is 5.32 Å². The predicted octanol–water partition coefficient (Wildman–Crippen LogP) is 3.29. The Balaban J connectivity index is 2.17. The fraction of sp³-hybridized carbons (Fsp3) is 0.765. The maximum absolute atomic E-state index is 11.6. The van der Waals surface area contributed by atoms with Crippen LogP contribution >= 0.6 is 0 Å². The molecule has 1 rings (SSSR count). The second-order valence-electron chi connectivity index (χ2n) is 6.11. The Morgan fingerprint density at radius 2 is 1.73 bits per heavy atom. The molecule has 0 spiro atoms. The lowest BCUT2D eigenvalue weighted by atomic mass is 9.94. The first-order valence-corrected chi connectivity index (χ1v) is 8.21. The fourth-order valence-corrected chi connectivity index (χ4v) is 3.08. The highest BCUT2D eigenvalue weighted by atomic mass is 16.6. The van der Waals surface area contributed by atoms with Crippen molar-refractivity contribution in [2.75, 3.05) is 19.8 Å². The summed E-state index contributed by atoms with van der Waals surface area (Å²) in [4.78, 5) is 22.8. The summed E-state index contributed by atoms with van der Waals surface area (Å²) in [6.45, 7) is 10.3. The van der Waals surface area contributed by atoms with Gasteiger partial charge in [-0.2, -0.15) is 0 Å². The van der Waals surface area contributed by atoms with Crippen molar-refractivity contribution in [3.05, 3.63) is 12.2 Å². The number of ether oxygens (including phenoxy) is 2. The van der Waals surface area contributed by atoms with E-state index in [1.165, 1.54) is 19.3 Å². The minimum atomic E-state index is -0.466. The normalized spacial score (nSPS) is 23.9. The first-order valence-electron chi connectivity index (χ1n) is 8.21. The number of carbonyl (C=O) groups excluding carboxylic acids is 2. The fourth-order valence-electron chi connectivity index (χ4n) is 3.08. The van der Waals surface area contributed by atoms with Gasteiger partial charge in [0.25, 0.3) is 0 Å². The second-order valence-corrected chi connectivity index (χ2v) is 6.11. The van der Waals surface area contributed by atoms with E-state index in [1.54, 1.807) is 6.92 Å². The van der Waals surface area contributed by atoms with Crippen LogP contribution in [-0.4, -0.2) is 31.8 Å². The predicted molar refractivity (Wildman–Crippen MR) is 85.4 cm³/mol. The number of amides is 1. The van der Waals surface area contributed by atoms with Crippen LogP contribution < -0.4 is 5.32 Å². The molecule has 0 aromatic rings.